The van der Waals surface area contributed by atoms with Crippen molar-refractivity contribution in [3.05, 3.63) is 54.6 Å². The van der Waals surface area contributed by atoms with Crippen LogP contribution in [-0.4, -0.2) is 30.4 Å². The molecule has 0 atom stereocenters. The van der Waals surface area contributed by atoms with E-state index in [0.29, 0.717) is 25.0 Å². The summed E-state index contributed by atoms with van der Waals surface area (Å²) in [6.07, 6.45) is 0. The molecule has 0 aliphatic rings. The van der Waals surface area contributed by atoms with Gasteiger partial charge in [0.25, 0.3) is 11.8 Å². The first-order valence-corrected chi connectivity index (χ1v) is 7.25. The Kier molecular flexibility index (Phi) is 4.73. The van der Waals surface area contributed by atoms with Crippen molar-refractivity contribution in [1.82, 2.24) is 10.1 Å². The van der Waals surface area contributed by atoms with Gasteiger partial charge in [0.2, 0.25) is 0 Å². The highest BCUT2D eigenvalue weighted by atomic mass is 16.5. The largest absolute Gasteiger partial charge is 0.497 e. The zero-order chi connectivity index (χ0) is 15.9. The highest BCUT2D eigenvalue weighted by Gasteiger charge is 2.07. The summed E-state index contributed by atoms with van der Waals surface area (Å²) in [6.45, 7) is 1.06. The van der Waals surface area contributed by atoms with Crippen molar-refractivity contribution < 1.29 is 14.0 Å². The van der Waals surface area contributed by atoms with Crippen LogP contribution in [0.5, 0.6) is 11.5 Å². The molecular weight excluding hydrogens is 294 g/mol. The van der Waals surface area contributed by atoms with Gasteiger partial charge >= 0.3 is 0 Å². The second-order valence-corrected chi connectivity index (χ2v) is 4.74. The number of anilines is 1. The quantitative estimate of drug-likeness (QED) is 0.676. The average Bonchev–Trinajstić information content (AvgIpc) is 3.09. The Morgan fingerprint density at radius 3 is 2.48 bits per heavy atom. The van der Waals surface area contributed by atoms with Crippen molar-refractivity contribution in [2.24, 2.45) is 0 Å². The summed E-state index contributed by atoms with van der Waals surface area (Å²) in [7, 11) is 1.63. The number of aromatic nitrogens is 2. The predicted molar refractivity (Wildman–Crippen MR) is 86.7 cm³/mol. The van der Waals surface area contributed by atoms with Crippen LogP contribution in [0.1, 0.15) is 0 Å². The lowest BCUT2D eigenvalue weighted by atomic mass is 10.2. The molecule has 23 heavy (non-hydrogen) atoms. The maximum Gasteiger partial charge on any atom is 0.263 e. The van der Waals surface area contributed by atoms with Gasteiger partial charge in [-0.25, -0.2) is 0 Å². The van der Waals surface area contributed by atoms with E-state index in [1.54, 1.807) is 7.11 Å². The van der Waals surface area contributed by atoms with Crippen molar-refractivity contribution in [3.8, 4) is 23.0 Å². The fraction of sp³-hybridized carbons (Fsp3) is 0.176. The third kappa shape index (κ3) is 4.00. The fourth-order valence-electron chi connectivity index (χ4n) is 2.00. The molecule has 6 heteroatoms. The molecule has 3 rings (SSSR count). The van der Waals surface area contributed by atoms with E-state index in [-0.39, 0.29) is 0 Å². The molecule has 0 radical (unpaired) electrons. The van der Waals surface area contributed by atoms with Crippen molar-refractivity contribution in [2.45, 2.75) is 0 Å². The standard InChI is InChI=1S/C17H17N3O3/c1-21-14-7-9-15(10-8-14)22-12-11-18-17-19-16(23-20-17)13-5-3-2-4-6-13/h2-10H,11-12H2,1H3,(H,18,20). The topological polar surface area (TPSA) is 69.4 Å². The second-order valence-electron chi connectivity index (χ2n) is 4.74. The molecule has 1 heterocycles. The lowest BCUT2D eigenvalue weighted by Gasteiger charge is -2.06. The number of hydrogen-bond acceptors (Lipinski definition) is 6. The van der Waals surface area contributed by atoms with E-state index in [9.17, 15) is 0 Å². The Hall–Kier alpha value is -3.02. The normalized spacial score (nSPS) is 10.3. The Bertz CT molecular complexity index is 726. The van der Waals surface area contributed by atoms with Crippen molar-refractivity contribution in [1.29, 1.82) is 0 Å². The number of nitrogens with one attached hydrogen (secondary N) is 1. The summed E-state index contributed by atoms with van der Waals surface area (Å²) in [5.41, 5.74) is 0.891. The third-order valence-corrected chi connectivity index (χ3v) is 3.16. The minimum absolute atomic E-state index is 0.446. The first-order chi connectivity index (χ1) is 11.3. The van der Waals surface area contributed by atoms with Crippen LogP contribution in [0, 0.1) is 0 Å². The number of nitrogens with zero attached hydrogens (tertiary/aromatic N) is 2. The smallest absolute Gasteiger partial charge is 0.263 e. The predicted octanol–water partition coefficient (Wildman–Crippen LogP) is 3.24. The molecule has 0 saturated heterocycles. The molecule has 0 aliphatic carbocycles. The molecule has 2 aromatic carbocycles. The molecule has 3 aromatic rings. The van der Waals surface area contributed by atoms with Gasteiger partial charge in [0.1, 0.15) is 18.1 Å². The van der Waals surface area contributed by atoms with Crippen LogP contribution < -0.4 is 14.8 Å². The Labute approximate surface area is 134 Å². The fourth-order valence-corrected chi connectivity index (χ4v) is 2.00. The van der Waals surface area contributed by atoms with Crippen molar-refractivity contribution in [2.75, 3.05) is 25.6 Å². The molecule has 0 unspecified atom stereocenters. The molecule has 0 amide bonds. The summed E-state index contributed by atoms with van der Waals surface area (Å²) < 4.78 is 15.9. The maximum absolute atomic E-state index is 5.61. The summed E-state index contributed by atoms with van der Waals surface area (Å²) in [5, 5.41) is 6.95. The van der Waals surface area contributed by atoms with Crippen LogP contribution >= 0.6 is 0 Å². The molecule has 0 spiro atoms. The van der Waals surface area contributed by atoms with E-state index in [0.717, 1.165) is 17.1 Å². The van der Waals surface area contributed by atoms with Gasteiger partial charge in [-0.2, -0.15) is 4.98 Å². The first kappa shape index (κ1) is 14.9. The lowest BCUT2D eigenvalue weighted by molar-refractivity contribution is 0.331. The lowest BCUT2D eigenvalue weighted by Crippen LogP contribution is -2.12. The minimum Gasteiger partial charge on any atom is -0.497 e. The molecule has 1 aromatic heterocycles. The van der Waals surface area contributed by atoms with E-state index in [4.69, 9.17) is 14.0 Å². The van der Waals surface area contributed by atoms with Crippen LogP contribution in [-0.2, 0) is 0 Å². The van der Waals surface area contributed by atoms with Gasteiger partial charge in [0, 0.05) is 5.56 Å². The summed E-state index contributed by atoms with van der Waals surface area (Å²) in [5.74, 6) is 2.52. The van der Waals surface area contributed by atoms with Gasteiger partial charge in [-0.1, -0.05) is 18.2 Å². The van der Waals surface area contributed by atoms with Crippen LogP contribution in [0.2, 0.25) is 0 Å². The van der Waals surface area contributed by atoms with Crippen molar-refractivity contribution >= 4 is 5.95 Å². The third-order valence-electron chi connectivity index (χ3n) is 3.16. The Balaban J connectivity index is 1.46. The zero-order valence-electron chi connectivity index (χ0n) is 12.7. The van der Waals surface area contributed by atoms with Crippen molar-refractivity contribution in [3.63, 3.8) is 0 Å². The Morgan fingerprint density at radius 2 is 1.74 bits per heavy atom. The molecule has 0 saturated carbocycles. The number of ether oxygens (including phenoxy) is 2. The number of rotatable bonds is 7. The van der Waals surface area contributed by atoms with Gasteiger partial charge in [0.15, 0.2) is 0 Å². The molecule has 118 valence electrons. The summed E-state index contributed by atoms with van der Waals surface area (Å²) in [6, 6.07) is 17.1. The van der Waals surface area contributed by atoms with Crippen LogP contribution in [0.3, 0.4) is 0 Å². The van der Waals surface area contributed by atoms with E-state index in [1.807, 2.05) is 54.6 Å². The van der Waals surface area contributed by atoms with Gasteiger partial charge in [-0.05, 0) is 41.6 Å². The summed E-state index contributed by atoms with van der Waals surface area (Å²) >= 11 is 0. The molecule has 0 bridgehead atoms. The number of methoxy groups -OCH3 is 1. The number of benzene rings is 2. The zero-order valence-corrected chi connectivity index (χ0v) is 12.7. The van der Waals surface area contributed by atoms with E-state index >= 15 is 0 Å². The molecular formula is C17H17N3O3. The molecule has 0 aliphatic heterocycles. The van der Waals surface area contributed by atoms with E-state index < -0.39 is 0 Å². The highest BCUT2D eigenvalue weighted by Crippen LogP contribution is 2.18. The Morgan fingerprint density at radius 1 is 1.00 bits per heavy atom. The van der Waals surface area contributed by atoms with Gasteiger partial charge in [0.05, 0.1) is 13.7 Å². The number of hydrogen-bond donors (Lipinski definition) is 1. The van der Waals surface area contributed by atoms with Crippen LogP contribution in [0.15, 0.2) is 59.1 Å². The van der Waals surface area contributed by atoms with E-state index in [2.05, 4.69) is 15.5 Å². The monoisotopic (exact) mass is 311 g/mol. The summed E-state index contributed by atoms with van der Waals surface area (Å²) in [4.78, 5) is 4.29. The maximum atomic E-state index is 5.61. The molecule has 0 fully saturated rings. The molecule has 1 N–H and O–H groups in total. The minimum atomic E-state index is 0.446. The van der Waals surface area contributed by atoms with Crippen LogP contribution in [0.4, 0.5) is 5.95 Å². The molecule has 6 nitrogen and oxygen atoms in total. The SMILES string of the molecule is COc1ccc(OCCNc2noc(-c3ccccc3)n2)cc1. The van der Waals surface area contributed by atoms with Crippen LogP contribution in [0.25, 0.3) is 11.5 Å². The van der Waals surface area contributed by atoms with Gasteiger partial charge < -0.3 is 19.3 Å². The van der Waals surface area contributed by atoms with E-state index in [1.165, 1.54) is 0 Å². The second kappa shape index (κ2) is 7.31. The average molecular weight is 311 g/mol. The highest BCUT2D eigenvalue weighted by molar-refractivity contribution is 5.53. The van der Waals surface area contributed by atoms with Gasteiger partial charge in [-0.3, -0.25) is 0 Å². The van der Waals surface area contributed by atoms with Gasteiger partial charge in [-0.15, -0.1) is 0 Å². The first-order valence-electron chi connectivity index (χ1n) is 7.25.